The number of nitro benzene ring substituents is 1. The summed E-state index contributed by atoms with van der Waals surface area (Å²) in [6, 6.07) is 16.6. The molecule has 4 aliphatic heterocycles. The zero-order chi connectivity index (χ0) is 48.6. The van der Waals surface area contributed by atoms with E-state index in [4.69, 9.17) is 51.1 Å². The molecular formula is C47H55Cl4N11O7. The van der Waals surface area contributed by atoms with Crippen LogP contribution in [0.5, 0.6) is 5.75 Å². The second kappa shape index (κ2) is 23.3. The van der Waals surface area contributed by atoms with Crippen LogP contribution in [0.3, 0.4) is 0 Å². The first-order valence-electron chi connectivity index (χ1n) is 21.9. The quantitative estimate of drug-likeness (QED) is 0.0984. The monoisotopic (exact) mass is 1030 g/mol. The Morgan fingerprint density at radius 3 is 1.75 bits per heavy atom. The van der Waals surface area contributed by atoms with Crippen molar-refractivity contribution in [2.24, 2.45) is 10.8 Å². The van der Waals surface area contributed by atoms with E-state index >= 15 is 0 Å². The van der Waals surface area contributed by atoms with Crippen LogP contribution in [-0.4, -0.2) is 115 Å². The fourth-order valence-electron chi connectivity index (χ4n) is 9.01. The number of benzene rings is 3. The number of rotatable bonds is 8. The number of amides is 3. The van der Waals surface area contributed by atoms with Crippen molar-refractivity contribution in [1.29, 1.82) is 0 Å². The molecule has 5 aromatic rings. The smallest absolute Gasteiger partial charge is 0.409 e. The van der Waals surface area contributed by atoms with Crippen molar-refractivity contribution in [2.75, 3.05) is 63.0 Å². The molecule has 0 saturated carbocycles. The number of aromatic nitrogens is 4. The summed E-state index contributed by atoms with van der Waals surface area (Å²) in [5, 5.41) is 29.3. The van der Waals surface area contributed by atoms with Crippen LogP contribution < -0.4 is 20.7 Å². The van der Waals surface area contributed by atoms with E-state index in [9.17, 15) is 29.3 Å². The third-order valence-corrected chi connectivity index (χ3v) is 13.8. The van der Waals surface area contributed by atoms with Crippen LogP contribution >= 0.6 is 46.4 Å². The minimum atomic E-state index is -0.805. The van der Waals surface area contributed by atoms with Crippen LogP contribution in [0.4, 0.5) is 26.7 Å². The highest BCUT2D eigenvalue weighted by Gasteiger charge is 2.45. The molecule has 0 bridgehead atoms. The van der Waals surface area contributed by atoms with Crippen LogP contribution in [0.15, 0.2) is 85.5 Å². The molecule has 3 aromatic carbocycles. The van der Waals surface area contributed by atoms with Crippen molar-refractivity contribution in [2.45, 2.75) is 60.0 Å². The summed E-state index contributed by atoms with van der Waals surface area (Å²) in [4.78, 5) is 63.3. The zero-order valence-electron chi connectivity index (χ0n) is 37.4. The predicted molar refractivity (Wildman–Crippen MR) is 266 cm³/mol. The number of hydrogen-bond acceptors (Lipinski definition) is 12. The van der Waals surface area contributed by atoms with E-state index < -0.39 is 11.0 Å². The molecule has 2 aromatic heterocycles. The SMILES string of the molecule is C.CC(=O)Nc1cnn(C(=O)N2CCC3(CCN(Cc4ccc(Cl)c(Cl)c4)C3)C2)c1.CC(=O)Nc1cnn(C(=O)Oc2ccc([N+](=O)[O-])cc2)c1.Clc1ccc(CN2CCC3(CCNC3)C2)cc1Cl. The molecule has 3 N–H and O–H groups in total. The Kier molecular flexibility index (Phi) is 17.8. The molecule has 69 heavy (non-hydrogen) atoms. The van der Waals surface area contributed by atoms with E-state index in [0.29, 0.717) is 36.9 Å². The molecule has 368 valence electrons. The number of carbonyl (C=O) groups excluding carboxylic acids is 4. The van der Waals surface area contributed by atoms with Gasteiger partial charge in [-0.1, -0.05) is 66.0 Å². The lowest BCUT2D eigenvalue weighted by molar-refractivity contribution is -0.384. The number of carbonyl (C=O) groups is 4. The Morgan fingerprint density at radius 1 is 0.710 bits per heavy atom. The van der Waals surface area contributed by atoms with Gasteiger partial charge in [0.1, 0.15) is 5.75 Å². The highest BCUT2D eigenvalue weighted by molar-refractivity contribution is 6.42. The Labute approximate surface area is 420 Å². The molecular weight excluding hydrogens is 972 g/mol. The van der Waals surface area contributed by atoms with Crippen LogP contribution in [0.1, 0.15) is 58.1 Å². The number of hydrogen-bond donors (Lipinski definition) is 3. The number of likely N-dealkylation sites (tertiary alicyclic amines) is 3. The van der Waals surface area contributed by atoms with Crippen molar-refractivity contribution in [1.82, 2.24) is 39.6 Å². The highest BCUT2D eigenvalue weighted by atomic mass is 35.5. The summed E-state index contributed by atoms with van der Waals surface area (Å²) >= 11 is 24.1. The van der Waals surface area contributed by atoms with Gasteiger partial charge in [0.25, 0.3) is 5.69 Å². The van der Waals surface area contributed by atoms with Gasteiger partial charge in [-0.25, -0.2) is 9.59 Å². The van der Waals surface area contributed by atoms with Crippen LogP contribution in [0.25, 0.3) is 0 Å². The number of halogens is 4. The standard InChI is InChI=1S/C20H23Cl2N5O2.C14H18Cl2N2.C12H10N4O5.CH4/c1-14(28)24-16-9-23-27(11-16)19(29)26-7-5-20(13-26)4-6-25(12-20)10-15-2-3-17(21)18(22)8-15;15-12-2-1-11(7-13(12)16)8-18-6-4-14(10-18)3-5-17-9-14;1-8(17)14-9-6-13-15(7-9)12(18)21-11-4-2-10(3-5-11)16(19)20;/h2-3,8-9,11H,4-7,10,12-13H2,1H3,(H,24,28);1-2,7,17H,3-6,8-10H2;2-7H,1H3,(H,14,17);1H4. The van der Waals surface area contributed by atoms with Crippen molar-refractivity contribution >= 4 is 87.4 Å². The Hall–Kier alpha value is -5.60. The molecule has 9 rings (SSSR count). The van der Waals surface area contributed by atoms with E-state index in [1.807, 2.05) is 35.2 Å². The Balaban J connectivity index is 0.000000174. The molecule has 0 radical (unpaired) electrons. The molecule has 3 amide bonds. The van der Waals surface area contributed by atoms with E-state index in [-0.39, 0.29) is 42.1 Å². The molecule has 6 heterocycles. The number of ether oxygens (including phenoxy) is 1. The van der Waals surface area contributed by atoms with Crippen molar-refractivity contribution in [3.63, 3.8) is 0 Å². The topological polar surface area (TPSA) is 202 Å². The summed E-state index contributed by atoms with van der Waals surface area (Å²) in [6.45, 7) is 12.7. The first-order chi connectivity index (χ1) is 32.5. The van der Waals surface area contributed by atoms with Gasteiger partial charge in [0, 0.05) is 77.2 Å². The Bertz CT molecular complexity index is 2640. The van der Waals surface area contributed by atoms with E-state index in [2.05, 4.69) is 42.0 Å². The highest BCUT2D eigenvalue weighted by Crippen LogP contribution is 2.41. The normalized spacial score (nSPS) is 19.6. The fraction of sp³-hybridized carbons (Fsp3) is 0.404. The molecule has 22 heteroatoms. The largest absolute Gasteiger partial charge is 0.440 e. The van der Waals surface area contributed by atoms with Crippen LogP contribution in [0.2, 0.25) is 20.1 Å². The average molecular weight is 1030 g/mol. The lowest BCUT2D eigenvalue weighted by Crippen LogP contribution is -2.36. The summed E-state index contributed by atoms with van der Waals surface area (Å²) in [5.74, 6) is -0.342. The molecule has 4 fully saturated rings. The van der Waals surface area contributed by atoms with E-state index in [0.717, 1.165) is 62.4 Å². The van der Waals surface area contributed by atoms with Crippen molar-refractivity contribution in [3.05, 3.63) is 127 Å². The van der Waals surface area contributed by atoms with Gasteiger partial charge in [-0.15, -0.1) is 0 Å². The molecule has 2 spiro atoms. The van der Waals surface area contributed by atoms with Crippen molar-refractivity contribution < 1.29 is 28.8 Å². The lowest BCUT2D eigenvalue weighted by atomic mass is 9.86. The number of nitrogens with one attached hydrogen (secondary N) is 3. The third-order valence-electron chi connectivity index (χ3n) is 12.3. The minimum Gasteiger partial charge on any atom is -0.409 e. The summed E-state index contributed by atoms with van der Waals surface area (Å²) in [6.07, 6.45) is 9.50. The van der Waals surface area contributed by atoms with Gasteiger partial charge in [-0.3, -0.25) is 29.5 Å². The second-order valence-electron chi connectivity index (χ2n) is 17.6. The predicted octanol–water partition coefficient (Wildman–Crippen LogP) is 9.33. The number of nitro groups is 1. The van der Waals surface area contributed by atoms with Crippen molar-refractivity contribution in [3.8, 4) is 5.75 Å². The van der Waals surface area contributed by atoms with Gasteiger partial charge in [-0.05, 0) is 98.3 Å². The fourth-order valence-corrected chi connectivity index (χ4v) is 9.65. The maximum atomic E-state index is 12.8. The summed E-state index contributed by atoms with van der Waals surface area (Å²) in [5.41, 5.74) is 3.82. The first-order valence-corrected chi connectivity index (χ1v) is 23.4. The number of non-ortho nitro benzene ring substituents is 1. The van der Waals surface area contributed by atoms with Gasteiger partial charge in [0.05, 0.1) is 61.2 Å². The number of anilines is 2. The lowest BCUT2D eigenvalue weighted by Gasteiger charge is -2.24. The molecule has 4 saturated heterocycles. The van der Waals surface area contributed by atoms with Gasteiger partial charge < -0.3 is 25.6 Å². The maximum absolute atomic E-state index is 12.8. The van der Waals surface area contributed by atoms with Gasteiger partial charge in [-0.2, -0.15) is 19.6 Å². The maximum Gasteiger partial charge on any atom is 0.440 e. The van der Waals surface area contributed by atoms with Gasteiger partial charge >= 0.3 is 12.1 Å². The van der Waals surface area contributed by atoms with Gasteiger partial charge in [0.15, 0.2) is 0 Å². The first kappa shape index (κ1) is 52.8. The van der Waals surface area contributed by atoms with Gasteiger partial charge in [0.2, 0.25) is 11.8 Å². The molecule has 0 aliphatic carbocycles. The molecule has 4 aliphatic rings. The molecule has 2 atom stereocenters. The zero-order valence-corrected chi connectivity index (χ0v) is 40.5. The summed E-state index contributed by atoms with van der Waals surface area (Å²) in [7, 11) is 0. The van der Waals surface area contributed by atoms with E-state index in [1.165, 1.54) is 106 Å². The summed E-state index contributed by atoms with van der Waals surface area (Å²) < 4.78 is 7.17. The third kappa shape index (κ3) is 14.2. The second-order valence-corrected chi connectivity index (χ2v) is 19.3. The van der Waals surface area contributed by atoms with Crippen LogP contribution in [-0.2, 0) is 22.7 Å². The Morgan fingerprint density at radius 2 is 1.23 bits per heavy atom. The number of nitrogens with zero attached hydrogens (tertiary/aromatic N) is 8. The molecule has 2 unspecified atom stereocenters. The van der Waals surface area contributed by atoms with Crippen LogP contribution in [0, 0.1) is 20.9 Å². The minimum absolute atomic E-state index is 0. The van der Waals surface area contributed by atoms with E-state index in [1.54, 1.807) is 6.20 Å². The molecule has 18 nitrogen and oxygen atoms in total. The average Bonchev–Trinajstić information content (AvgIpc) is 4.18.